The number of halogens is 3. The van der Waals surface area contributed by atoms with Crippen LogP contribution in [0.3, 0.4) is 0 Å². The summed E-state index contributed by atoms with van der Waals surface area (Å²) < 4.78 is 0. The van der Waals surface area contributed by atoms with E-state index in [9.17, 15) is 0 Å². The summed E-state index contributed by atoms with van der Waals surface area (Å²) in [5.41, 5.74) is 1.31. The van der Waals surface area contributed by atoms with Gasteiger partial charge in [0.25, 0.3) is 0 Å². The first-order valence-electron chi connectivity index (χ1n) is 4.76. The van der Waals surface area contributed by atoms with Gasteiger partial charge in [0, 0.05) is 24.3 Å². The quantitative estimate of drug-likeness (QED) is 0.782. The Labute approximate surface area is 108 Å². The van der Waals surface area contributed by atoms with Crippen molar-refractivity contribution in [3.63, 3.8) is 0 Å². The Morgan fingerprint density at radius 2 is 1.80 bits per heavy atom. The minimum absolute atomic E-state index is 0. The van der Waals surface area contributed by atoms with Crippen molar-refractivity contribution < 1.29 is 0 Å². The molecule has 1 aromatic rings. The van der Waals surface area contributed by atoms with Crippen LogP contribution in [0.4, 0.5) is 0 Å². The molecule has 0 bridgehead atoms. The monoisotopic (exact) mass is 267 g/mol. The van der Waals surface area contributed by atoms with E-state index in [1.54, 1.807) is 0 Å². The van der Waals surface area contributed by atoms with Crippen LogP contribution in [0.1, 0.15) is 5.56 Å². The summed E-state index contributed by atoms with van der Waals surface area (Å²) in [7, 11) is 0. The molecule has 1 aromatic carbocycles. The first kappa shape index (κ1) is 15.0. The predicted octanol–water partition coefficient (Wildman–Crippen LogP) is 3.09. The molecule has 1 unspecified atom stereocenters. The van der Waals surface area contributed by atoms with Gasteiger partial charge in [-0.05, 0) is 12.0 Å². The zero-order valence-corrected chi connectivity index (χ0v) is 10.8. The van der Waals surface area contributed by atoms with Gasteiger partial charge < -0.3 is 5.32 Å². The molecule has 4 heteroatoms. The Morgan fingerprint density at radius 3 is 2.33 bits per heavy atom. The topological polar surface area (TPSA) is 12.0 Å². The summed E-state index contributed by atoms with van der Waals surface area (Å²) in [6, 6.07) is 10.7. The third-order valence-corrected chi connectivity index (χ3v) is 2.60. The highest BCUT2D eigenvalue weighted by atomic mass is 35.5. The van der Waals surface area contributed by atoms with Crippen molar-refractivity contribution in [2.75, 3.05) is 18.3 Å². The molecule has 15 heavy (non-hydrogen) atoms. The first-order chi connectivity index (χ1) is 6.86. The Morgan fingerprint density at radius 1 is 1.13 bits per heavy atom. The molecule has 0 saturated carbocycles. The first-order valence-corrected chi connectivity index (χ1v) is 5.83. The zero-order chi connectivity index (χ0) is 10.2. The fourth-order valence-corrected chi connectivity index (χ4v) is 1.67. The Balaban J connectivity index is 0.00000196. The van der Waals surface area contributed by atoms with Gasteiger partial charge in [0.1, 0.15) is 0 Å². The van der Waals surface area contributed by atoms with Gasteiger partial charge in [-0.15, -0.1) is 35.6 Å². The lowest BCUT2D eigenvalue weighted by molar-refractivity contribution is 0.572. The molecular formula is C11H16Cl3N. The number of benzene rings is 1. The van der Waals surface area contributed by atoms with Gasteiger partial charge in [0.05, 0.1) is 0 Å². The SMILES string of the molecule is Cl.ClCCNC(CCl)Cc1ccccc1. The molecule has 0 saturated heterocycles. The zero-order valence-electron chi connectivity index (χ0n) is 8.46. The highest BCUT2D eigenvalue weighted by Crippen LogP contribution is 2.04. The molecule has 0 aliphatic rings. The molecule has 0 spiro atoms. The van der Waals surface area contributed by atoms with Crippen molar-refractivity contribution in [1.82, 2.24) is 5.32 Å². The normalized spacial score (nSPS) is 11.9. The molecule has 0 amide bonds. The third kappa shape index (κ3) is 6.26. The van der Waals surface area contributed by atoms with Crippen LogP contribution >= 0.6 is 35.6 Å². The maximum absolute atomic E-state index is 5.85. The number of nitrogens with one attached hydrogen (secondary N) is 1. The lowest BCUT2D eigenvalue weighted by Gasteiger charge is -2.14. The fourth-order valence-electron chi connectivity index (χ4n) is 1.34. The van der Waals surface area contributed by atoms with Crippen LogP contribution in [0.5, 0.6) is 0 Å². The Hall–Kier alpha value is 0.0500. The highest BCUT2D eigenvalue weighted by molar-refractivity contribution is 6.18. The largest absolute Gasteiger partial charge is 0.311 e. The maximum atomic E-state index is 5.85. The molecule has 86 valence electrons. The summed E-state index contributed by atoms with van der Waals surface area (Å²) >= 11 is 11.4. The minimum Gasteiger partial charge on any atom is -0.311 e. The third-order valence-electron chi connectivity index (χ3n) is 2.04. The van der Waals surface area contributed by atoms with E-state index in [1.807, 2.05) is 18.2 Å². The fraction of sp³-hybridized carbons (Fsp3) is 0.455. The van der Waals surface area contributed by atoms with Crippen LogP contribution in [-0.4, -0.2) is 24.3 Å². The van der Waals surface area contributed by atoms with E-state index in [1.165, 1.54) is 5.56 Å². The molecule has 0 aromatic heterocycles. The summed E-state index contributed by atoms with van der Waals surface area (Å²) in [6.45, 7) is 0.811. The maximum Gasteiger partial charge on any atom is 0.0380 e. The summed E-state index contributed by atoms with van der Waals surface area (Å²) in [5.74, 6) is 1.24. The van der Waals surface area contributed by atoms with E-state index in [0.717, 1.165) is 13.0 Å². The minimum atomic E-state index is 0. The molecule has 0 heterocycles. The molecule has 1 rings (SSSR count). The molecule has 0 radical (unpaired) electrons. The number of rotatable bonds is 6. The van der Waals surface area contributed by atoms with Gasteiger partial charge in [-0.25, -0.2) is 0 Å². The van der Waals surface area contributed by atoms with Gasteiger partial charge in [-0.3, -0.25) is 0 Å². The second-order valence-electron chi connectivity index (χ2n) is 3.18. The lowest BCUT2D eigenvalue weighted by atomic mass is 10.1. The van der Waals surface area contributed by atoms with Crippen molar-refractivity contribution in [3.05, 3.63) is 35.9 Å². The molecule has 1 atom stereocenters. The van der Waals surface area contributed by atoms with Crippen molar-refractivity contribution in [3.8, 4) is 0 Å². The van der Waals surface area contributed by atoms with Crippen molar-refractivity contribution in [1.29, 1.82) is 0 Å². The molecule has 0 fully saturated rings. The standard InChI is InChI=1S/C11H15Cl2N.ClH/c12-6-7-14-11(9-13)8-10-4-2-1-3-5-10;/h1-5,11,14H,6-9H2;1H. The Bertz CT molecular complexity index is 241. The van der Waals surface area contributed by atoms with Crippen molar-refractivity contribution in [2.24, 2.45) is 0 Å². The van der Waals surface area contributed by atoms with Crippen LogP contribution in [0, 0.1) is 0 Å². The van der Waals surface area contributed by atoms with Crippen LogP contribution in [0.15, 0.2) is 30.3 Å². The summed E-state index contributed by atoms with van der Waals surface area (Å²) in [4.78, 5) is 0. The van der Waals surface area contributed by atoms with Gasteiger partial charge >= 0.3 is 0 Å². The van der Waals surface area contributed by atoms with E-state index in [2.05, 4.69) is 17.4 Å². The van der Waals surface area contributed by atoms with Crippen LogP contribution in [0.25, 0.3) is 0 Å². The van der Waals surface area contributed by atoms with Crippen molar-refractivity contribution in [2.45, 2.75) is 12.5 Å². The second kappa shape index (κ2) is 9.29. The Kier molecular flexibility index (Phi) is 9.32. The van der Waals surface area contributed by atoms with Crippen molar-refractivity contribution >= 4 is 35.6 Å². The van der Waals surface area contributed by atoms with E-state index >= 15 is 0 Å². The van der Waals surface area contributed by atoms with E-state index in [0.29, 0.717) is 17.8 Å². The predicted molar refractivity (Wildman–Crippen MR) is 70.6 cm³/mol. The van der Waals surface area contributed by atoms with Gasteiger partial charge in [0.15, 0.2) is 0 Å². The van der Waals surface area contributed by atoms with Gasteiger partial charge in [-0.1, -0.05) is 30.3 Å². The molecule has 0 aliphatic carbocycles. The van der Waals surface area contributed by atoms with Crippen LogP contribution in [0.2, 0.25) is 0 Å². The van der Waals surface area contributed by atoms with Crippen LogP contribution < -0.4 is 5.32 Å². The van der Waals surface area contributed by atoms with E-state index < -0.39 is 0 Å². The highest BCUT2D eigenvalue weighted by Gasteiger charge is 2.06. The molecule has 0 aliphatic heterocycles. The average Bonchev–Trinajstić information content (AvgIpc) is 2.25. The second-order valence-corrected chi connectivity index (χ2v) is 3.87. The smallest absolute Gasteiger partial charge is 0.0380 e. The van der Waals surface area contributed by atoms with Gasteiger partial charge in [0.2, 0.25) is 0 Å². The van der Waals surface area contributed by atoms with E-state index in [4.69, 9.17) is 23.2 Å². The summed E-state index contributed by atoms with van der Waals surface area (Å²) in [6.07, 6.45) is 0.960. The molecule has 1 nitrogen and oxygen atoms in total. The van der Waals surface area contributed by atoms with Gasteiger partial charge in [-0.2, -0.15) is 0 Å². The lowest BCUT2D eigenvalue weighted by Crippen LogP contribution is -2.34. The molecule has 1 N–H and O–H groups in total. The number of hydrogen-bond acceptors (Lipinski definition) is 1. The van der Waals surface area contributed by atoms with E-state index in [-0.39, 0.29) is 12.4 Å². The number of alkyl halides is 2. The number of hydrogen-bond donors (Lipinski definition) is 1. The molecular weight excluding hydrogens is 252 g/mol. The average molecular weight is 269 g/mol. The summed E-state index contributed by atoms with van der Waals surface area (Å²) in [5, 5.41) is 3.30. The van der Waals surface area contributed by atoms with Crippen LogP contribution in [-0.2, 0) is 6.42 Å².